The van der Waals surface area contributed by atoms with Crippen LogP contribution in [0, 0.1) is 0 Å². The third kappa shape index (κ3) is 5.99. The summed E-state index contributed by atoms with van der Waals surface area (Å²) in [4.78, 5) is 14.7. The minimum atomic E-state index is -5.09. The number of hydrogen-bond donors (Lipinski definition) is 4. The first-order valence-electron chi connectivity index (χ1n) is 9.05. The molecule has 168 valence electrons. The van der Waals surface area contributed by atoms with Crippen molar-refractivity contribution in [1.82, 2.24) is 14.9 Å². The smallest absolute Gasteiger partial charge is 0.384 e. The Morgan fingerprint density at radius 1 is 1.10 bits per heavy atom. The van der Waals surface area contributed by atoms with Gasteiger partial charge in [-0.2, -0.15) is 21.6 Å². The second-order valence-electron chi connectivity index (χ2n) is 6.50. The molecule has 0 spiro atoms. The molecule has 3 aromatic rings. The number of para-hydroxylation sites is 2. The molecule has 0 amide bonds. The molecule has 9 nitrogen and oxygen atoms in total. The van der Waals surface area contributed by atoms with Gasteiger partial charge in [-0.15, -0.1) is 0 Å². The number of imidazole rings is 1. The van der Waals surface area contributed by atoms with E-state index >= 15 is 0 Å². The highest BCUT2D eigenvalue weighted by molar-refractivity contribution is 7.81. The number of fused-ring (bicyclic) bond motifs is 1. The van der Waals surface area contributed by atoms with Crippen LogP contribution in [-0.4, -0.2) is 42.2 Å². The van der Waals surface area contributed by atoms with Gasteiger partial charge in [0, 0.05) is 31.9 Å². The molecule has 0 aliphatic carbocycles. The van der Waals surface area contributed by atoms with Gasteiger partial charge in [0.25, 0.3) is 0 Å². The van der Waals surface area contributed by atoms with Crippen LogP contribution in [-0.2, 0) is 23.1 Å². The number of benzene rings is 2. The van der Waals surface area contributed by atoms with Crippen molar-refractivity contribution in [2.45, 2.75) is 12.7 Å². The van der Waals surface area contributed by atoms with Gasteiger partial charge < -0.3 is 19.8 Å². The van der Waals surface area contributed by atoms with E-state index in [0.717, 1.165) is 17.1 Å². The van der Waals surface area contributed by atoms with Crippen molar-refractivity contribution in [3.63, 3.8) is 0 Å². The van der Waals surface area contributed by atoms with Gasteiger partial charge in [0.2, 0.25) is 0 Å². The fourth-order valence-corrected chi connectivity index (χ4v) is 3.36. The van der Waals surface area contributed by atoms with E-state index in [1.165, 1.54) is 6.07 Å². The minimum absolute atomic E-state index is 0.0876. The fourth-order valence-electron chi connectivity index (χ4n) is 2.99. The van der Waals surface area contributed by atoms with Crippen LogP contribution < -0.4 is 20.5 Å². The number of rotatable bonds is 9. The summed E-state index contributed by atoms with van der Waals surface area (Å²) in [5, 5.41) is 5.85. The third-order valence-electron chi connectivity index (χ3n) is 4.30. The van der Waals surface area contributed by atoms with Crippen LogP contribution in [0.1, 0.15) is 5.56 Å². The zero-order valence-electron chi connectivity index (χ0n) is 15.9. The van der Waals surface area contributed by atoms with E-state index in [2.05, 4.69) is 19.8 Å². The maximum absolute atomic E-state index is 13.1. The first-order valence-corrected chi connectivity index (χ1v) is 10.4. The van der Waals surface area contributed by atoms with Gasteiger partial charge in [0.15, 0.2) is 5.75 Å². The Morgan fingerprint density at radius 2 is 1.84 bits per heavy atom. The maximum atomic E-state index is 13.1. The van der Waals surface area contributed by atoms with Crippen LogP contribution >= 0.6 is 0 Å². The summed E-state index contributed by atoms with van der Waals surface area (Å²) in [6.45, 7) is 1.52. The molecule has 2 aromatic carbocycles. The van der Waals surface area contributed by atoms with Gasteiger partial charge in [-0.25, -0.2) is 4.79 Å². The molecular formula is C18H19F3N4O5S. The van der Waals surface area contributed by atoms with Gasteiger partial charge in [-0.3, -0.25) is 9.12 Å². The topological polar surface area (TPSA) is 125 Å². The predicted octanol–water partition coefficient (Wildman–Crippen LogP) is 2.23. The van der Waals surface area contributed by atoms with E-state index in [1.807, 2.05) is 18.2 Å². The number of aromatic amines is 1. The van der Waals surface area contributed by atoms with E-state index in [-0.39, 0.29) is 17.9 Å². The van der Waals surface area contributed by atoms with Crippen LogP contribution in [0.15, 0.2) is 47.3 Å². The largest absolute Gasteiger partial charge is 0.446 e. The summed E-state index contributed by atoms with van der Waals surface area (Å²) < 4.78 is 75.1. The average Bonchev–Trinajstić information content (AvgIpc) is 2.98. The molecule has 0 radical (unpaired) electrons. The number of anilines is 1. The standard InChI is InChI=1S/C18H19F3N4O5S/c19-18(20,21)13-11-12(5-6-16(13)30-31(27,28)29)23-8-7-22-9-10-25-15-4-2-1-3-14(15)24-17(25)26/h1-6,11,22-23H,7-10H2,(H,24,26)(H,27,28,29). The quantitative estimate of drug-likeness (QED) is 0.285. The second kappa shape index (κ2) is 8.99. The molecule has 0 aliphatic heterocycles. The van der Waals surface area contributed by atoms with Crippen LogP contribution in [0.25, 0.3) is 11.0 Å². The zero-order valence-corrected chi connectivity index (χ0v) is 16.8. The van der Waals surface area contributed by atoms with Gasteiger partial charge in [-0.1, -0.05) is 12.1 Å². The van der Waals surface area contributed by atoms with E-state index in [0.29, 0.717) is 25.7 Å². The molecule has 13 heteroatoms. The first kappa shape index (κ1) is 22.7. The number of nitrogens with one attached hydrogen (secondary N) is 3. The third-order valence-corrected chi connectivity index (χ3v) is 4.69. The Bertz CT molecular complexity index is 1220. The van der Waals surface area contributed by atoms with Crippen molar-refractivity contribution in [3.05, 3.63) is 58.5 Å². The van der Waals surface area contributed by atoms with E-state index < -0.39 is 27.9 Å². The van der Waals surface area contributed by atoms with Crippen molar-refractivity contribution in [2.24, 2.45) is 0 Å². The molecule has 31 heavy (non-hydrogen) atoms. The maximum Gasteiger partial charge on any atom is 0.446 e. The van der Waals surface area contributed by atoms with E-state index in [4.69, 9.17) is 4.55 Å². The summed E-state index contributed by atoms with van der Waals surface area (Å²) in [6.07, 6.45) is -4.89. The van der Waals surface area contributed by atoms with Gasteiger partial charge in [0.1, 0.15) is 5.56 Å². The number of hydrogen-bond acceptors (Lipinski definition) is 6. The summed E-state index contributed by atoms with van der Waals surface area (Å²) in [5.41, 5.74) is 0.0230. The molecule has 1 heterocycles. The Morgan fingerprint density at radius 3 is 2.55 bits per heavy atom. The van der Waals surface area contributed by atoms with Crippen molar-refractivity contribution in [2.75, 3.05) is 25.0 Å². The minimum Gasteiger partial charge on any atom is -0.384 e. The van der Waals surface area contributed by atoms with Crippen molar-refractivity contribution >= 4 is 27.1 Å². The average molecular weight is 460 g/mol. The number of H-pyrrole nitrogens is 1. The monoisotopic (exact) mass is 460 g/mol. The lowest BCUT2D eigenvalue weighted by atomic mass is 10.1. The normalized spacial score (nSPS) is 12.3. The summed E-state index contributed by atoms with van der Waals surface area (Å²) in [7, 11) is -5.09. The summed E-state index contributed by atoms with van der Waals surface area (Å²) in [5.74, 6) is -1.03. The summed E-state index contributed by atoms with van der Waals surface area (Å²) >= 11 is 0. The second-order valence-corrected chi connectivity index (χ2v) is 7.52. The number of nitrogens with zero attached hydrogens (tertiary/aromatic N) is 1. The lowest BCUT2D eigenvalue weighted by Crippen LogP contribution is -2.28. The zero-order chi connectivity index (χ0) is 22.6. The molecule has 0 aliphatic rings. The molecule has 0 fully saturated rings. The molecule has 4 N–H and O–H groups in total. The first-order chi connectivity index (χ1) is 14.5. The van der Waals surface area contributed by atoms with Gasteiger partial charge in [0.05, 0.1) is 11.0 Å². The Kier molecular flexibility index (Phi) is 6.57. The van der Waals surface area contributed by atoms with Crippen LogP contribution in [0.4, 0.5) is 18.9 Å². The van der Waals surface area contributed by atoms with Crippen LogP contribution in [0.2, 0.25) is 0 Å². The fraction of sp³-hybridized carbons (Fsp3) is 0.278. The van der Waals surface area contributed by atoms with E-state index in [9.17, 15) is 26.4 Å². The highest BCUT2D eigenvalue weighted by atomic mass is 32.3. The molecule has 0 bridgehead atoms. The molecule has 0 unspecified atom stereocenters. The lowest BCUT2D eigenvalue weighted by Gasteiger charge is -2.14. The lowest BCUT2D eigenvalue weighted by molar-refractivity contribution is -0.138. The molecule has 3 rings (SSSR count). The van der Waals surface area contributed by atoms with Gasteiger partial charge >= 0.3 is 22.3 Å². The molecule has 1 aromatic heterocycles. The number of alkyl halides is 3. The molecule has 0 atom stereocenters. The Hall–Kier alpha value is -3.03. The van der Waals surface area contributed by atoms with Crippen LogP contribution in [0.3, 0.4) is 0 Å². The van der Waals surface area contributed by atoms with Crippen molar-refractivity contribution in [3.8, 4) is 5.75 Å². The number of aromatic nitrogens is 2. The summed E-state index contributed by atoms with van der Waals surface area (Å²) in [6, 6.07) is 9.95. The molecule has 0 saturated carbocycles. The predicted molar refractivity (Wildman–Crippen MR) is 108 cm³/mol. The Balaban J connectivity index is 1.53. The Labute approximate surface area is 174 Å². The molecular weight excluding hydrogens is 441 g/mol. The van der Waals surface area contributed by atoms with Gasteiger partial charge in [-0.05, 0) is 30.3 Å². The van der Waals surface area contributed by atoms with Crippen molar-refractivity contribution < 1.29 is 30.3 Å². The highest BCUT2D eigenvalue weighted by Crippen LogP contribution is 2.38. The van der Waals surface area contributed by atoms with Crippen LogP contribution in [0.5, 0.6) is 5.75 Å². The number of halogens is 3. The molecule has 0 saturated heterocycles. The van der Waals surface area contributed by atoms with Crippen molar-refractivity contribution in [1.29, 1.82) is 0 Å². The highest BCUT2D eigenvalue weighted by Gasteiger charge is 2.36. The SMILES string of the molecule is O=c1[nH]c2ccccc2n1CCNCCNc1ccc(OS(=O)(=O)O)c(C(F)(F)F)c1. The van der Waals surface area contributed by atoms with E-state index in [1.54, 1.807) is 10.6 Å².